The largest absolute Gasteiger partial charge is 0.481 e. The van der Waals surface area contributed by atoms with Gasteiger partial charge in [0.2, 0.25) is 0 Å². The average molecular weight is 282 g/mol. The molecule has 0 aliphatic heterocycles. The summed E-state index contributed by atoms with van der Waals surface area (Å²) >= 11 is 0. The summed E-state index contributed by atoms with van der Waals surface area (Å²) in [6, 6.07) is -0.620. The molecule has 112 valence electrons. The maximum absolute atomic E-state index is 11.8. The zero-order chi connectivity index (χ0) is 15.3. The standard InChI is InChI=1S/C13H22N4O3/c1-8(2)11(5-12(18)19)16-13(20)15-10-6-14-17(7-10)9(3)4/h6-9,11H,5H2,1-4H3,(H,18,19)(H2,15,16,20). The van der Waals surface area contributed by atoms with Gasteiger partial charge in [-0.15, -0.1) is 0 Å². The van der Waals surface area contributed by atoms with E-state index in [-0.39, 0.29) is 18.4 Å². The fraction of sp³-hybridized carbons (Fsp3) is 0.615. The molecule has 1 heterocycles. The molecule has 0 bridgehead atoms. The molecule has 1 rings (SSSR count). The van der Waals surface area contributed by atoms with Crippen LogP contribution in [-0.2, 0) is 4.79 Å². The molecule has 7 heteroatoms. The molecule has 0 aliphatic rings. The molecule has 1 atom stereocenters. The lowest BCUT2D eigenvalue weighted by molar-refractivity contribution is -0.137. The molecule has 0 spiro atoms. The van der Waals surface area contributed by atoms with Gasteiger partial charge in [-0.25, -0.2) is 4.79 Å². The van der Waals surface area contributed by atoms with Crippen LogP contribution in [0.25, 0.3) is 0 Å². The zero-order valence-corrected chi connectivity index (χ0v) is 12.3. The Kier molecular flexibility index (Phi) is 5.54. The molecule has 1 unspecified atom stereocenters. The van der Waals surface area contributed by atoms with Gasteiger partial charge in [-0.3, -0.25) is 9.48 Å². The van der Waals surface area contributed by atoms with Crippen LogP contribution in [-0.4, -0.2) is 32.9 Å². The third kappa shape index (κ3) is 4.91. The van der Waals surface area contributed by atoms with Gasteiger partial charge < -0.3 is 15.7 Å². The third-order valence-corrected chi connectivity index (χ3v) is 2.90. The highest BCUT2D eigenvalue weighted by Crippen LogP contribution is 2.11. The SMILES string of the molecule is CC(C)C(CC(=O)O)NC(=O)Nc1cnn(C(C)C)c1. The fourth-order valence-electron chi connectivity index (χ4n) is 1.66. The van der Waals surface area contributed by atoms with Crippen molar-refractivity contribution in [1.29, 1.82) is 0 Å². The van der Waals surface area contributed by atoms with Gasteiger partial charge in [0.15, 0.2) is 0 Å². The van der Waals surface area contributed by atoms with Crippen LogP contribution in [0, 0.1) is 5.92 Å². The minimum Gasteiger partial charge on any atom is -0.481 e. The van der Waals surface area contributed by atoms with E-state index >= 15 is 0 Å². The van der Waals surface area contributed by atoms with E-state index < -0.39 is 18.0 Å². The molecule has 7 nitrogen and oxygen atoms in total. The highest BCUT2D eigenvalue weighted by Gasteiger charge is 2.19. The molecule has 2 amide bonds. The van der Waals surface area contributed by atoms with Crippen molar-refractivity contribution in [2.75, 3.05) is 5.32 Å². The monoisotopic (exact) mass is 282 g/mol. The normalized spacial score (nSPS) is 12.5. The number of nitrogens with one attached hydrogen (secondary N) is 2. The van der Waals surface area contributed by atoms with Gasteiger partial charge in [0.05, 0.1) is 18.3 Å². The Bertz CT molecular complexity index is 468. The van der Waals surface area contributed by atoms with Crippen molar-refractivity contribution in [2.24, 2.45) is 5.92 Å². The van der Waals surface area contributed by atoms with Crippen molar-refractivity contribution in [1.82, 2.24) is 15.1 Å². The Morgan fingerprint density at radius 1 is 1.35 bits per heavy atom. The van der Waals surface area contributed by atoms with Crippen LogP contribution < -0.4 is 10.6 Å². The first-order chi connectivity index (χ1) is 9.29. The molecular formula is C13H22N4O3. The van der Waals surface area contributed by atoms with E-state index in [0.29, 0.717) is 5.69 Å². The summed E-state index contributed by atoms with van der Waals surface area (Å²) < 4.78 is 1.73. The number of aliphatic carboxylic acids is 1. The number of carbonyl (C=O) groups excluding carboxylic acids is 1. The van der Waals surface area contributed by atoms with Gasteiger partial charge in [0.1, 0.15) is 0 Å². The number of hydrogen-bond acceptors (Lipinski definition) is 3. The van der Waals surface area contributed by atoms with Crippen molar-refractivity contribution in [3.63, 3.8) is 0 Å². The Labute approximate surface area is 118 Å². The van der Waals surface area contributed by atoms with Crippen molar-refractivity contribution in [2.45, 2.75) is 46.2 Å². The molecule has 0 saturated heterocycles. The molecular weight excluding hydrogens is 260 g/mol. The van der Waals surface area contributed by atoms with Crippen LogP contribution >= 0.6 is 0 Å². The second-order valence-electron chi connectivity index (χ2n) is 5.35. The minimum atomic E-state index is -0.934. The minimum absolute atomic E-state index is 0.0373. The Balaban J connectivity index is 2.58. The number of carboxylic acid groups (broad SMARTS) is 1. The van der Waals surface area contributed by atoms with Crippen LogP contribution in [0.3, 0.4) is 0 Å². The topological polar surface area (TPSA) is 96.2 Å². The van der Waals surface area contributed by atoms with E-state index in [4.69, 9.17) is 5.11 Å². The predicted octanol–water partition coefficient (Wildman–Crippen LogP) is 2.08. The smallest absolute Gasteiger partial charge is 0.319 e. The highest BCUT2D eigenvalue weighted by atomic mass is 16.4. The lowest BCUT2D eigenvalue weighted by Crippen LogP contribution is -2.42. The second-order valence-corrected chi connectivity index (χ2v) is 5.35. The highest BCUT2D eigenvalue weighted by molar-refractivity contribution is 5.89. The van der Waals surface area contributed by atoms with Crippen LogP contribution in [0.4, 0.5) is 10.5 Å². The quantitative estimate of drug-likeness (QED) is 0.744. The van der Waals surface area contributed by atoms with Gasteiger partial charge in [-0.1, -0.05) is 13.8 Å². The molecule has 3 N–H and O–H groups in total. The first-order valence-corrected chi connectivity index (χ1v) is 6.63. The number of anilines is 1. The number of urea groups is 1. The number of nitrogens with zero attached hydrogens (tertiary/aromatic N) is 2. The van der Waals surface area contributed by atoms with E-state index in [9.17, 15) is 9.59 Å². The van der Waals surface area contributed by atoms with Crippen LogP contribution in [0.1, 0.15) is 40.2 Å². The first-order valence-electron chi connectivity index (χ1n) is 6.63. The van der Waals surface area contributed by atoms with E-state index in [1.54, 1.807) is 17.1 Å². The summed E-state index contributed by atoms with van der Waals surface area (Å²) in [5.41, 5.74) is 0.578. The molecule has 0 saturated carbocycles. The first kappa shape index (κ1) is 16.0. The molecule has 0 aromatic carbocycles. The van der Waals surface area contributed by atoms with Crippen LogP contribution in [0.2, 0.25) is 0 Å². The third-order valence-electron chi connectivity index (χ3n) is 2.90. The zero-order valence-electron chi connectivity index (χ0n) is 12.3. The number of hydrogen-bond donors (Lipinski definition) is 3. The second kappa shape index (κ2) is 6.93. The Morgan fingerprint density at radius 3 is 2.45 bits per heavy atom. The maximum atomic E-state index is 11.8. The number of rotatable bonds is 6. The summed E-state index contributed by atoms with van der Waals surface area (Å²) in [5, 5.41) is 18.2. The lowest BCUT2D eigenvalue weighted by atomic mass is 10.0. The van der Waals surface area contributed by atoms with Gasteiger partial charge in [-0.05, 0) is 19.8 Å². The van der Waals surface area contributed by atoms with Crippen molar-refractivity contribution in [3.8, 4) is 0 Å². The fourth-order valence-corrected chi connectivity index (χ4v) is 1.66. The summed E-state index contributed by atoms with van der Waals surface area (Å²) in [6.07, 6.45) is 3.18. The van der Waals surface area contributed by atoms with Gasteiger partial charge in [0, 0.05) is 18.3 Å². The van der Waals surface area contributed by atoms with Crippen molar-refractivity contribution < 1.29 is 14.7 Å². The van der Waals surface area contributed by atoms with Crippen LogP contribution in [0.15, 0.2) is 12.4 Å². The maximum Gasteiger partial charge on any atom is 0.319 e. The van der Waals surface area contributed by atoms with E-state index in [2.05, 4.69) is 15.7 Å². The molecule has 0 fully saturated rings. The van der Waals surface area contributed by atoms with E-state index in [1.807, 2.05) is 27.7 Å². The van der Waals surface area contributed by atoms with Crippen LogP contribution in [0.5, 0.6) is 0 Å². The van der Waals surface area contributed by atoms with E-state index in [1.165, 1.54) is 0 Å². The molecule has 1 aromatic heterocycles. The summed E-state index contributed by atoms with van der Waals surface area (Å²) in [6.45, 7) is 7.70. The number of carbonyl (C=O) groups is 2. The molecule has 1 aromatic rings. The molecule has 20 heavy (non-hydrogen) atoms. The lowest BCUT2D eigenvalue weighted by Gasteiger charge is -2.20. The number of amides is 2. The molecule has 0 aliphatic carbocycles. The number of carboxylic acids is 1. The van der Waals surface area contributed by atoms with Crippen molar-refractivity contribution in [3.05, 3.63) is 12.4 Å². The van der Waals surface area contributed by atoms with Crippen molar-refractivity contribution >= 4 is 17.7 Å². The molecule has 0 radical (unpaired) electrons. The Hall–Kier alpha value is -2.05. The van der Waals surface area contributed by atoms with Gasteiger partial charge >= 0.3 is 12.0 Å². The Morgan fingerprint density at radius 2 is 2.00 bits per heavy atom. The van der Waals surface area contributed by atoms with Gasteiger partial charge in [0.25, 0.3) is 0 Å². The number of aromatic nitrogens is 2. The summed E-state index contributed by atoms with van der Waals surface area (Å²) in [4.78, 5) is 22.6. The van der Waals surface area contributed by atoms with E-state index in [0.717, 1.165) is 0 Å². The van der Waals surface area contributed by atoms with Gasteiger partial charge in [-0.2, -0.15) is 5.10 Å². The summed E-state index contributed by atoms with van der Waals surface area (Å²) in [7, 11) is 0. The predicted molar refractivity (Wildman–Crippen MR) is 75.6 cm³/mol. The summed E-state index contributed by atoms with van der Waals surface area (Å²) in [5.74, 6) is -0.896. The average Bonchev–Trinajstić information content (AvgIpc) is 2.75.